The number of urea groups is 1. The number of benzene rings is 2. The number of hydrogen-bond donors (Lipinski definition) is 2. The molecule has 0 spiro atoms. The van der Waals surface area contributed by atoms with E-state index in [-0.39, 0.29) is 55.5 Å². The van der Waals surface area contributed by atoms with Crippen molar-refractivity contribution in [3.63, 3.8) is 0 Å². The SMILES string of the molecule is CCN1C(=O)N(c2c(F)cc(NCCN(CCN)C(=O)OC(C)(C)C)cc2F)c2cc(C#N)ccc2-c2cc(Cl)cnc21. The number of rotatable bonds is 8. The summed E-state index contributed by atoms with van der Waals surface area (Å²) in [6.45, 7) is 7.81. The smallest absolute Gasteiger partial charge is 0.410 e. The number of nitrogens with one attached hydrogen (secondary N) is 1. The number of carbonyl (C=O) groups excluding carboxylic acids is 2. The van der Waals surface area contributed by atoms with E-state index in [1.54, 1.807) is 45.9 Å². The summed E-state index contributed by atoms with van der Waals surface area (Å²) in [7, 11) is 0. The van der Waals surface area contributed by atoms with Crippen molar-refractivity contribution >= 4 is 46.6 Å². The van der Waals surface area contributed by atoms with Gasteiger partial charge in [-0.25, -0.2) is 23.4 Å². The zero-order chi connectivity index (χ0) is 31.5. The van der Waals surface area contributed by atoms with E-state index in [1.165, 1.54) is 22.1 Å². The number of nitrogens with two attached hydrogens (primary N) is 1. The van der Waals surface area contributed by atoms with E-state index in [9.17, 15) is 14.9 Å². The number of amides is 3. The zero-order valence-corrected chi connectivity index (χ0v) is 25.0. The highest BCUT2D eigenvalue weighted by atomic mass is 35.5. The van der Waals surface area contributed by atoms with Gasteiger partial charge in [-0.1, -0.05) is 17.7 Å². The summed E-state index contributed by atoms with van der Waals surface area (Å²) in [6, 6.07) is 9.50. The molecule has 0 saturated carbocycles. The van der Waals surface area contributed by atoms with Crippen LogP contribution in [0.15, 0.2) is 42.6 Å². The number of anilines is 4. The van der Waals surface area contributed by atoms with Crippen LogP contribution in [0.3, 0.4) is 0 Å². The Morgan fingerprint density at radius 3 is 2.47 bits per heavy atom. The number of hydrogen-bond acceptors (Lipinski definition) is 7. The molecule has 1 aliphatic rings. The van der Waals surface area contributed by atoms with Crippen LogP contribution in [-0.2, 0) is 4.74 Å². The number of nitrogens with zero attached hydrogens (tertiary/aromatic N) is 5. The summed E-state index contributed by atoms with van der Waals surface area (Å²) in [5.74, 6) is -1.79. The zero-order valence-electron chi connectivity index (χ0n) is 24.2. The molecule has 4 rings (SSSR count). The van der Waals surface area contributed by atoms with Gasteiger partial charge in [0, 0.05) is 55.7 Å². The van der Waals surface area contributed by atoms with Crippen LogP contribution < -0.4 is 20.9 Å². The summed E-state index contributed by atoms with van der Waals surface area (Å²) < 4.78 is 37.1. The Hall–Kier alpha value is -4.47. The first-order chi connectivity index (χ1) is 20.4. The number of pyridine rings is 1. The first kappa shape index (κ1) is 31.5. The molecule has 2 aromatic carbocycles. The summed E-state index contributed by atoms with van der Waals surface area (Å²) in [5.41, 5.74) is 5.57. The summed E-state index contributed by atoms with van der Waals surface area (Å²) >= 11 is 6.23. The lowest BCUT2D eigenvalue weighted by atomic mass is 10.0. The van der Waals surface area contributed by atoms with Gasteiger partial charge >= 0.3 is 12.1 Å². The van der Waals surface area contributed by atoms with Crippen LogP contribution in [0.2, 0.25) is 5.02 Å². The van der Waals surface area contributed by atoms with Gasteiger partial charge in [-0.2, -0.15) is 5.26 Å². The van der Waals surface area contributed by atoms with Gasteiger partial charge in [-0.3, -0.25) is 9.80 Å². The van der Waals surface area contributed by atoms with Crippen molar-refractivity contribution in [1.82, 2.24) is 9.88 Å². The highest BCUT2D eigenvalue weighted by molar-refractivity contribution is 6.31. The monoisotopic (exact) mass is 611 g/mol. The van der Waals surface area contributed by atoms with Gasteiger partial charge in [0.2, 0.25) is 0 Å². The van der Waals surface area contributed by atoms with Crippen LogP contribution in [0.5, 0.6) is 0 Å². The molecule has 0 aliphatic carbocycles. The number of carbonyl (C=O) groups is 2. The maximum Gasteiger partial charge on any atom is 0.410 e. The van der Waals surface area contributed by atoms with Crippen LogP contribution >= 0.6 is 11.6 Å². The van der Waals surface area contributed by atoms with Crippen molar-refractivity contribution in [2.75, 3.05) is 47.8 Å². The molecule has 1 aliphatic heterocycles. The van der Waals surface area contributed by atoms with Gasteiger partial charge in [0.05, 0.1) is 22.3 Å². The normalized spacial score (nSPS) is 12.7. The quantitative estimate of drug-likeness (QED) is 0.308. The van der Waals surface area contributed by atoms with Gasteiger partial charge in [0.25, 0.3) is 0 Å². The third-order valence-electron chi connectivity index (χ3n) is 6.49. The Balaban J connectivity index is 1.70. The fourth-order valence-electron chi connectivity index (χ4n) is 4.67. The molecule has 3 amide bonds. The Bertz CT molecular complexity index is 1570. The lowest BCUT2D eigenvalue weighted by Gasteiger charge is -2.29. The molecular formula is C30H32ClF2N7O3. The number of nitriles is 1. The molecule has 3 aromatic rings. The number of fused-ring (bicyclic) bond motifs is 3. The van der Waals surface area contributed by atoms with Gasteiger partial charge in [0.15, 0.2) is 11.6 Å². The molecule has 0 unspecified atom stereocenters. The Kier molecular flexibility index (Phi) is 9.37. The predicted octanol–water partition coefficient (Wildman–Crippen LogP) is 6.26. The third kappa shape index (κ3) is 6.79. The highest BCUT2D eigenvalue weighted by Crippen LogP contribution is 2.45. The molecular weight excluding hydrogens is 580 g/mol. The molecule has 0 atom stereocenters. The Labute approximate surface area is 253 Å². The van der Waals surface area contributed by atoms with E-state index >= 15 is 8.78 Å². The summed E-state index contributed by atoms with van der Waals surface area (Å²) in [4.78, 5) is 34.4. The third-order valence-corrected chi connectivity index (χ3v) is 6.69. The van der Waals surface area contributed by atoms with Gasteiger partial charge in [0.1, 0.15) is 17.1 Å². The summed E-state index contributed by atoms with van der Waals surface area (Å²) in [5, 5.41) is 12.8. The van der Waals surface area contributed by atoms with Gasteiger partial charge in [-0.15, -0.1) is 0 Å². The lowest BCUT2D eigenvalue weighted by Crippen LogP contribution is -2.42. The molecule has 1 aromatic heterocycles. The van der Waals surface area contributed by atoms with Gasteiger partial charge in [-0.05, 0) is 58.0 Å². The van der Waals surface area contributed by atoms with E-state index < -0.39 is 35.0 Å². The topological polar surface area (TPSA) is 128 Å². The molecule has 2 heterocycles. The fraction of sp³-hybridized carbons (Fsp3) is 0.333. The minimum Gasteiger partial charge on any atom is -0.444 e. The summed E-state index contributed by atoms with van der Waals surface area (Å²) in [6.07, 6.45) is 0.828. The Morgan fingerprint density at radius 2 is 1.86 bits per heavy atom. The predicted molar refractivity (Wildman–Crippen MR) is 162 cm³/mol. The van der Waals surface area contributed by atoms with Crippen LogP contribution in [-0.4, -0.2) is 60.3 Å². The van der Waals surface area contributed by atoms with Gasteiger partial charge < -0.3 is 20.7 Å². The maximum absolute atomic E-state index is 15.8. The van der Waals surface area contributed by atoms with E-state index in [1.807, 2.05) is 6.07 Å². The molecule has 13 heteroatoms. The average Bonchev–Trinajstić information content (AvgIpc) is 3.03. The second-order valence-electron chi connectivity index (χ2n) is 10.7. The van der Waals surface area contributed by atoms with Crippen molar-refractivity contribution in [3.05, 3.63) is 64.8 Å². The number of aromatic nitrogens is 1. The van der Waals surface area contributed by atoms with E-state index in [2.05, 4.69) is 10.3 Å². The largest absolute Gasteiger partial charge is 0.444 e. The number of halogens is 3. The molecule has 0 radical (unpaired) electrons. The van der Waals surface area contributed by atoms with Crippen LogP contribution in [0.25, 0.3) is 11.1 Å². The molecule has 226 valence electrons. The molecule has 0 bridgehead atoms. The molecule has 10 nitrogen and oxygen atoms in total. The van der Waals surface area contributed by atoms with E-state index in [0.717, 1.165) is 17.0 Å². The van der Waals surface area contributed by atoms with Crippen molar-refractivity contribution in [3.8, 4) is 17.2 Å². The van der Waals surface area contributed by atoms with E-state index in [0.29, 0.717) is 16.1 Å². The fourth-order valence-corrected chi connectivity index (χ4v) is 4.83. The van der Waals surface area contributed by atoms with Crippen LogP contribution in [0.1, 0.15) is 33.3 Å². The van der Waals surface area contributed by atoms with Crippen molar-refractivity contribution in [2.45, 2.75) is 33.3 Å². The second kappa shape index (κ2) is 12.8. The minimum atomic E-state index is -1.02. The standard InChI is InChI=1S/C30H32ClF2N7O3/c1-5-39-27-22(13-19(31)17-37-27)21-7-6-18(16-35)12-25(21)40(28(39)41)26-23(32)14-20(15-24(26)33)36-9-11-38(10-8-34)29(42)43-30(2,3)4/h6-7,12-15,17,36H,5,8-11,34H2,1-4H3. The lowest BCUT2D eigenvalue weighted by molar-refractivity contribution is 0.0263. The Morgan fingerprint density at radius 1 is 1.16 bits per heavy atom. The molecule has 0 saturated heterocycles. The van der Waals surface area contributed by atoms with E-state index in [4.69, 9.17) is 22.1 Å². The molecule has 3 N–H and O–H groups in total. The van der Waals surface area contributed by atoms with Crippen molar-refractivity contribution in [2.24, 2.45) is 5.73 Å². The average molecular weight is 612 g/mol. The van der Waals surface area contributed by atoms with Crippen LogP contribution in [0.4, 0.5) is 41.2 Å². The number of ether oxygens (including phenoxy) is 1. The first-order valence-electron chi connectivity index (χ1n) is 13.6. The highest BCUT2D eigenvalue weighted by Gasteiger charge is 2.36. The first-order valence-corrected chi connectivity index (χ1v) is 14.0. The molecule has 0 fully saturated rings. The van der Waals surface area contributed by atoms with Crippen molar-refractivity contribution < 1.29 is 23.1 Å². The van der Waals surface area contributed by atoms with Crippen LogP contribution in [0, 0.1) is 23.0 Å². The maximum atomic E-state index is 15.8. The van der Waals surface area contributed by atoms with Crippen molar-refractivity contribution in [1.29, 1.82) is 5.26 Å². The second-order valence-corrected chi connectivity index (χ2v) is 11.1. The minimum absolute atomic E-state index is 0.0907. The molecule has 43 heavy (non-hydrogen) atoms.